The molecule has 2 heterocycles. The maximum atomic E-state index is 15.1. The fraction of sp³-hybridized carbons (Fsp3) is 0.484. The highest BCUT2D eigenvalue weighted by atomic mass is 32.2. The van der Waals surface area contributed by atoms with Crippen molar-refractivity contribution in [1.82, 2.24) is 40.2 Å². The Morgan fingerprint density at radius 2 is 0.718 bits per heavy atom. The van der Waals surface area contributed by atoms with Gasteiger partial charge in [-0.3, -0.25) is 57.5 Å². The zero-order valence-electron chi connectivity index (χ0n) is 81.0. The zero-order valence-corrected chi connectivity index (χ0v) is 84.3. The number of hydrogen-bond acceptors (Lipinski definition) is 24. The van der Waals surface area contributed by atoms with Crippen LogP contribution in [0.3, 0.4) is 0 Å². The predicted molar refractivity (Wildman–Crippen MR) is 518 cm³/mol. The van der Waals surface area contributed by atoms with Crippen molar-refractivity contribution < 1.29 is 188 Å². The van der Waals surface area contributed by atoms with Gasteiger partial charge in [-0.15, -0.1) is 23.5 Å². The largest absolute Gasteiger partial charge is 0.490 e. The molecule has 6 rings (SSSR count). The highest BCUT2D eigenvalue weighted by Crippen LogP contribution is 2.44. The van der Waals surface area contributed by atoms with Crippen LogP contribution >= 0.6 is 47.0 Å². The molecule has 36 nitrogen and oxygen atoms in total. The van der Waals surface area contributed by atoms with Gasteiger partial charge in [0.15, 0.2) is 11.6 Å². The third-order valence-electron chi connectivity index (χ3n) is 19.8. The first-order valence-corrected chi connectivity index (χ1v) is 49.0. The molecule has 0 aliphatic heterocycles. The van der Waals surface area contributed by atoms with Gasteiger partial charge in [0.05, 0.1) is 36.7 Å². The highest BCUT2D eigenvalue weighted by molar-refractivity contribution is 8.01. The number of nitrogens with one attached hydrogen (secondary N) is 4. The summed E-state index contributed by atoms with van der Waals surface area (Å²) in [5.41, 5.74) is 26.3. The van der Waals surface area contributed by atoms with E-state index < -0.39 is 166 Å². The highest BCUT2D eigenvalue weighted by Gasteiger charge is 2.43. The molecule has 0 saturated heterocycles. The van der Waals surface area contributed by atoms with Crippen molar-refractivity contribution in [3.05, 3.63) is 167 Å². The third-order valence-corrected chi connectivity index (χ3v) is 24.2. The van der Waals surface area contributed by atoms with Crippen LogP contribution in [0.15, 0.2) is 122 Å². The van der Waals surface area contributed by atoms with Gasteiger partial charge in [0.1, 0.15) is 45.9 Å². The molecule has 2 aromatic heterocycles. The average Bonchev–Trinajstić information content (AvgIpc) is 1.64. The summed E-state index contributed by atoms with van der Waals surface area (Å²) in [7, 11) is 0. The maximum Gasteiger partial charge on any atom is 0.490 e. The molecule has 0 bridgehead atoms. The number of thioether (sulfide) groups is 4. The molecule has 0 saturated carbocycles. The van der Waals surface area contributed by atoms with Crippen molar-refractivity contribution >= 4 is 142 Å². The van der Waals surface area contributed by atoms with Crippen LogP contribution in [0, 0.1) is 34.1 Å². The molecular weight excluding hydrogens is 2100 g/mol. The van der Waals surface area contributed by atoms with E-state index in [4.69, 9.17) is 72.8 Å². The number of ketones is 2. The minimum atomic E-state index is -5.08. The van der Waals surface area contributed by atoms with E-state index in [1.54, 1.807) is 22.2 Å². The van der Waals surface area contributed by atoms with E-state index in [9.17, 15) is 129 Å². The Hall–Kier alpha value is -12.5. The molecular formula is C93H118F16N12O24S4. The summed E-state index contributed by atoms with van der Waals surface area (Å²) >= 11 is 4.24. The van der Waals surface area contributed by atoms with Crippen LogP contribution in [-0.2, 0) is 89.8 Å². The maximum absolute atomic E-state index is 15.1. The Bertz CT molecular complexity index is 5270. The molecule has 830 valence electrons. The lowest BCUT2D eigenvalue weighted by Gasteiger charge is -2.41. The van der Waals surface area contributed by atoms with Crippen LogP contribution in [0.25, 0.3) is 22.3 Å². The Labute approximate surface area is 860 Å². The van der Waals surface area contributed by atoms with Crippen LogP contribution in [0.4, 0.5) is 70.2 Å². The van der Waals surface area contributed by atoms with E-state index >= 15 is 8.78 Å². The molecule has 2 unspecified atom stereocenters. The second kappa shape index (κ2) is 66.1. The fourth-order valence-electron chi connectivity index (χ4n) is 12.8. The quantitative estimate of drug-likeness (QED) is 0.0125. The van der Waals surface area contributed by atoms with Gasteiger partial charge in [-0.2, -0.15) is 76.2 Å². The molecule has 0 aliphatic rings. The molecule has 56 heteroatoms. The predicted octanol–water partition coefficient (Wildman–Crippen LogP) is 11.8. The van der Waals surface area contributed by atoms with E-state index in [0.717, 1.165) is 82.4 Å². The molecule has 0 fully saturated rings. The molecule has 6 amide bonds. The van der Waals surface area contributed by atoms with E-state index in [0.29, 0.717) is 87.6 Å². The summed E-state index contributed by atoms with van der Waals surface area (Å²) in [5, 5.41) is 72.9. The van der Waals surface area contributed by atoms with E-state index in [2.05, 4.69) is 21.3 Å². The molecule has 0 aliphatic carbocycles. The second-order valence-corrected chi connectivity index (χ2v) is 38.8. The number of Topliss-reactive ketones (excluding diaryl/α,β-unsaturated/α-hetero) is 2. The first-order chi connectivity index (χ1) is 69.1. The summed E-state index contributed by atoms with van der Waals surface area (Å²) in [5.74, 6) is -20.4. The van der Waals surface area contributed by atoms with Gasteiger partial charge < -0.3 is 104 Å². The second-order valence-electron chi connectivity index (χ2n) is 34.1. The Morgan fingerprint density at radius 3 is 1.01 bits per heavy atom. The van der Waals surface area contributed by atoms with Crippen LogP contribution < -0.4 is 44.2 Å². The number of carboxylic acid groups (broad SMARTS) is 8. The number of carbonyl (C=O) groups excluding carboxylic acids is 8. The summed E-state index contributed by atoms with van der Waals surface area (Å²) < 4.78 is 190. The van der Waals surface area contributed by atoms with Gasteiger partial charge in [0.2, 0.25) is 35.4 Å². The number of aromatic nitrogens is 2. The van der Waals surface area contributed by atoms with Gasteiger partial charge >= 0.3 is 72.5 Å². The standard InChI is InChI=1S/C43H58F2N6O8S2.C42H56F2N6O8S2.4C2HF3O2/c1-43(2,3)40(35-21-29(32-22-30(44)12-13-33(32)45)26-50(35)25-28-9-5-4-6-10-28)51(18-8-16-46)39(55)27-60-19-15-37(53)48-17-7-11-31(52)24-49-38(54)23-36(42(58)59)61-20-14-34(47)41(56)57;1-42(2,3)39(34-19-28(31-20-29(43)12-13-32(31)44)24-49(34)23-27-9-5-4-6-10-27)50(17-8-15-45)38(54)26-59-18-14-36(52)47-16-7-11-30(51)22-48-37(53)21-35(41(57)58)60-25-33(46)40(55)56;4*3-2(4,5)1(6)7/h4-6,9-10,12-13,21-22,26,34,36,40H,7-8,11,14-20,23-25,27,46-47H2,1-3H3,(H,48,53)(H,49,54)(H,56,57)(H,58,59);4-6,9-10,12-13,19-20,24,33,35,39H,7-8,11,14-18,21-23,25-26,45-46H2,1-3H3,(H,47,52)(H,48,53)(H,55,56)(H,57,58);4*(H,6,7)/t34-,36?,40-;33-,35?,39-;;;;/m00..../s1. The molecule has 0 radical (unpaired) electrons. The number of hydrogen-bond donors (Lipinski definition) is 16. The van der Waals surface area contributed by atoms with Gasteiger partial charge in [-0.05, 0) is 121 Å². The number of carbonyl (C=O) groups is 16. The van der Waals surface area contributed by atoms with Crippen molar-refractivity contribution in [1.29, 1.82) is 0 Å². The van der Waals surface area contributed by atoms with Crippen molar-refractivity contribution in [2.75, 3.05) is 86.9 Å². The topological polar surface area (TPSA) is 604 Å². The minimum absolute atomic E-state index is 0.0337. The van der Waals surface area contributed by atoms with Crippen LogP contribution in [0.1, 0.15) is 147 Å². The van der Waals surface area contributed by atoms with Crippen LogP contribution in [0.5, 0.6) is 0 Å². The smallest absolute Gasteiger partial charge is 0.480 e. The first kappa shape index (κ1) is 134. The summed E-state index contributed by atoms with van der Waals surface area (Å²) in [6, 6.07) is 26.3. The van der Waals surface area contributed by atoms with Gasteiger partial charge in [-0.25, -0.2) is 36.7 Å². The Kier molecular flexibility index (Phi) is 59.7. The number of aliphatic carboxylic acids is 8. The number of alkyl halides is 12. The van der Waals surface area contributed by atoms with E-state index in [1.807, 2.05) is 123 Å². The molecule has 6 atom stereocenters. The summed E-state index contributed by atoms with van der Waals surface area (Å²) in [4.78, 5) is 186. The number of halogens is 16. The number of amides is 6. The van der Waals surface area contributed by atoms with Crippen molar-refractivity contribution in [2.24, 2.45) is 33.8 Å². The number of carboxylic acids is 8. The minimum Gasteiger partial charge on any atom is -0.480 e. The molecule has 20 N–H and O–H groups in total. The number of rotatable bonds is 53. The normalized spacial score (nSPS) is 12.6. The summed E-state index contributed by atoms with van der Waals surface area (Å²) in [6.07, 6.45) is -15.5. The SMILES string of the molecule is CC(C)(C)[C@H](c1cc(-c2cc(F)ccc2F)cn1Cc1ccccc1)N(CCCN)C(=O)CSCCC(=O)NCCCC(=O)CNC(=O)CC(SCC[C@H](N)C(=O)O)C(=O)O.CC(C)(C)[C@H](c1cc(-c2cc(F)ccc2F)cn1Cc1ccccc1)N(CCCN)C(=O)CSCCC(=O)NCCCC(=O)CNC(=O)CC(SC[C@H](N)C(=O)O)C(=O)O.O=C(O)C(F)(F)F.O=C(O)C(F)(F)F.O=C(O)C(F)(F)F.O=C(O)C(F)(F)F. The number of nitrogens with zero attached hydrogens (tertiary/aromatic N) is 4. The van der Waals surface area contributed by atoms with Crippen molar-refractivity contribution in [2.45, 2.75) is 185 Å². The molecule has 149 heavy (non-hydrogen) atoms. The van der Waals surface area contributed by atoms with E-state index in [1.165, 1.54) is 23.5 Å². The average molecular weight is 2220 g/mol. The zero-order chi connectivity index (χ0) is 114. The lowest BCUT2D eigenvalue weighted by Crippen LogP contribution is -2.44. The third kappa shape index (κ3) is 54.5. The van der Waals surface area contributed by atoms with E-state index in [-0.39, 0.29) is 128 Å². The molecule has 4 aromatic carbocycles. The summed E-state index contributed by atoms with van der Waals surface area (Å²) in [6.45, 7) is 14.2. The Balaban J connectivity index is 0.00000118. The van der Waals surface area contributed by atoms with Gasteiger partial charge in [0, 0.05) is 141 Å². The Morgan fingerprint density at radius 1 is 0.396 bits per heavy atom. The number of benzene rings is 4. The lowest BCUT2D eigenvalue weighted by molar-refractivity contribution is -0.193. The monoisotopic (exact) mass is 2220 g/mol. The molecule has 0 spiro atoms. The van der Waals surface area contributed by atoms with Crippen LogP contribution in [-0.4, -0.2) is 289 Å². The van der Waals surface area contributed by atoms with Gasteiger partial charge in [0.25, 0.3) is 0 Å². The number of nitrogens with two attached hydrogens (primary N) is 4. The van der Waals surface area contributed by atoms with Crippen molar-refractivity contribution in [3.8, 4) is 22.3 Å². The molecule has 6 aromatic rings. The van der Waals surface area contributed by atoms with Gasteiger partial charge in [-0.1, -0.05) is 102 Å². The lowest BCUT2D eigenvalue weighted by atomic mass is 9.83. The first-order valence-electron chi connectivity index (χ1n) is 44.6. The fourth-order valence-corrected chi connectivity index (χ4v) is 16.5. The van der Waals surface area contributed by atoms with Crippen molar-refractivity contribution in [3.63, 3.8) is 0 Å². The van der Waals surface area contributed by atoms with Crippen LogP contribution in [0.2, 0.25) is 0 Å².